The Hall–Kier alpha value is -3.52. The van der Waals surface area contributed by atoms with Gasteiger partial charge in [-0.3, -0.25) is 4.79 Å². The Labute approximate surface area is 198 Å². The summed E-state index contributed by atoms with van der Waals surface area (Å²) in [6, 6.07) is 20.2. The molecule has 176 valence electrons. The van der Waals surface area contributed by atoms with Gasteiger partial charge in [0, 0.05) is 6.54 Å². The maximum absolute atomic E-state index is 13.0. The van der Waals surface area contributed by atoms with Crippen molar-refractivity contribution in [3.63, 3.8) is 0 Å². The molecule has 0 saturated carbocycles. The van der Waals surface area contributed by atoms with Crippen molar-refractivity contribution < 1.29 is 27.4 Å². The van der Waals surface area contributed by atoms with Crippen molar-refractivity contribution >= 4 is 15.7 Å². The summed E-state index contributed by atoms with van der Waals surface area (Å²) in [6.07, 6.45) is 1.79. The van der Waals surface area contributed by atoms with E-state index < -0.39 is 9.84 Å². The van der Waals surface area contributed by atoms with E-state index in [1.54, 1.807) is 42.5 Å². The van der Waals surface area contributed by atoms with Crippen LogP contribution in [0.25, 0.3) is 0 Å². The van der Waals surface area contributed by atoms with E-state index in [4.69, 9.17) is 14.2 Å². The van der Waals surface area contributed by atoms with Crippen molar-refractivity contribution in [1.82, 2.24) is 4.90 Å². The molecule has 2 aliphatic heterocycles. The molecule has 2 heterocycles. The number of carbonyl (C=O) groups excluding carboxylic acids is 1. The number of hydrogen-bond donors (Lipinski definition) is 0. The van der Waals surface area contributed by atoms with Crippen LogP contribution >= 0.6 is 0 Å². The Bertz CT molecular complexity index is 1270. The van der Waals surface area contributed by atoms with E-state index in [2.05, 4.69) is 0 Å². The predicted octanol–water partition coefficient (Wildman–Crippen LogP) is 4.03. The number of amides is 1. The summed E-state index contributed by atoms with van der Waals surface area (Å²) in [5.41, 5.74) is 1.02. The fourth-order valence-corrected chi connectivity index (χ4v) is 5.64. The number of carbonyl (C=O) groups is 1. The number of hydrogen-bond acceptors (Lipinski definition) is 6. The summed E-state index contributed by atoms with van der Waals surface area (Å²) in [4.78, 5) is 15.2. The number of nitrogens with zero attached hydrogens (tertiary/aromatic N) is 1. The molecule has 0 bridgehead atoms. The van der Waals surface area contributed by atoms with Crippen LogP contribution in [0.2, 0.25) is 0 Å². The minimum Gasteiger partial charge on any atom is -0.486 e. The Kier molecular flexibility index (Phi) is 6.15. The molecule has 34 heavy (non-hydrogen) atoms. The molecule has 1 unspecified atom stereocenters. The largest absolute Gasteiger partial charge is 0.486 e. The van der Waals surface area contributed by atoms with Crippen LogP contribution in [-0.4, -0.2) is 45.6 Å². The van der Waals surface area contributed by atoms with Gasteiger partial charge < -0.3 is 19.1 Å². The molecule has 1 amide bonds. The van der Waals surface area contributed by atoms with Crippen LogP contribution in [-0.2, 0) is 14.6 Å². The summed E-state index contributed by atoms with van der Waals surface area (Å²) in [5, 5.41) is 0. The molecule has 0 N–H and O–H groups in total. The van der Waals surface area contributed by atoms with Gasteiger partial charge in [-0.25, -0.2) is 8.42 Å². The fraction of sp³-hybridized carbons (Fsp3) is 0.269. The predicted molar refractivity (Wildman–Crippen MR) is 125 cm³/mol. The minimum atomic E-state index is -3.59. The van der Waals surface area contributed by atoms with Crippen LogP contribution in [0.15, 0.2) is 82.6 Å². The quantitative estimate of drug-likeness (QED) is 0.531. The Morgan fingerprint density at radius 2 is 1.62 bits per heavy atom. The zero-order chi connectivity index (χ0) is 23.5. The maximum atomic E-state index is 13.0. The van der Waals surface area contributed by atoms with E-state index in [9.17, 15) is 13.2 Å². The molecule has 0 aliphatic carbocycles. The molecule has 7 nitrogen and oxygen atoms in total. The average molecular weight is 480 g/mol. The van der Waals surface area contributed by atoms with Crippen molar-refractivity contribution in [3.8, 4) is 17.2 Å². The summed E-state index contributed by atoms with van der Waals surface area (Å²) in [6.45, 7) is 1.60. The molecular weight excluding hydrogens is 454 g/mol. The molecular formula is C26H25NO6S. The van der Waals surface area contributed by atoms with Gasteiger partial charge in [0.05, 0.1) is 15.8 Å². The SMILES string of the molecule is O=C(COc1ccc(S(=O)(=O)c2ccccc2)cc1)N1CCCC1c1ccc2c(c1)OCCO2. The minimum absolute atomic E-state index is 0.0367. The van der Waals surface area contributed by atoms with E-state index in [0.29, 0.717) is 31.3 Å². The third kappa shape index (κ3) is 4.46. The smallest absolute Gasteiger partial charge is 0.261 e. The maximum Gasteiger partial charge on any atom is 0.261 e. The van der Waals surface area contributed by atoms with E-state index in [-0.39, 0.29) is 28.3 Å². The van der Waals surface area contributed by atoms with Crippen LogP contribution < -0.4 is 14.2 Å². The molecule has 3 aromatic rings. The first-order valence-corrected chi connectivity index (χ1v) is 12.7. The van der Waals surface area contributed by atoms with Crippen molar-refractivity contribution in [2.75, 3.05) is 26.4 Å². The Balaban J connectivity index is 1.23. The van der Waals surface area contributed by atoms with Crippen molar-refractivity contribution in [2.24, 2.45) is 0 Å². The number of ether oxygens (including phenoxy) is 3. The first-order chi connectivity index (χ1) is 16.5. The second-order valence-corrected chi connectivity index (χ2v) is 10.2. The Morgan fingerprint density at radius 1 is 0.912 bits per heavy atom. The van der Waals surface area contributed by atoms with Crippen LogP contribution in [0.3, 0.4) is 0 Å². The standard InChI is InChI=1S/C26H25NO6S/c28-26(27-14-4-7-23(27)19-8-13-24-25(17-19)32-16-15-31-24)18-33-20-9-11-22(12-10-20)34(29,30)21-5-2-1-3-6-21/h1-3,5-6,8-13,17,23H,4,7,14-16,18H2. The third-order valence-electron chi connectivity index (χ3n) is 6.07. The number of sulfone groups is 1. The van der Waals surface area contributed by atoms with E-state index in [1.807, 2.05) is 23.1 Å². The lowest BCUT2D eigenvalue weighted by atomic mass is 10.0. The van der Waals surface area contributed by atoms with Crippen LogP contribution in [0.5, 0.6) is 17.2 Å². The van der Waals surface area contributed by atoms with Crippen LogP contribution in [0.1, 0.15) is 24.4 Å². The highest BCUT2D eigenvalue weighted by Gasteiger charge is 2.31. The molecule has 0 radical (unpaired) electrons. The van der Waals surface area contributed by atoms with E-state index in [1.165, 1.54) is 12.1 Å². The second kappa shape index (κ2) is 9.38. The average Bonchev–Trinajstić information content (AvgIpc) is 3.38. The topological polar surface area (TPSA) is 82.1 Å². The molecule has 5 rings (SSSR count). The van der Waals surface area contributed by atoms with Gasteiger partial charge in [0.25, 0.3) is 5.91 Å². The number of rotatable bonds is 6. The summed E-state index contributed by atoms with van der Waals surface area (Å²) >= 11 is 0. The highest BCUT2D eigenvalue weighted by atomic mass is 32.2. The molecule has 8 heteroatoms. The van der Waals surface area contributed by atoms with Crippen molar-refractivity contribution in [3.05, 3.63) is 78.4 Å². The molecule has 1 saturated heterocycles. The first kappa shape index (κ1) is 22.3. The van der Waals surface area contributed by atoms with Gasteiger partial charge in [-0.2, -0.15) is 0 Å². The van der Waals surface area contributed by atoms with Gasteiger partial charge in [-0.05, 0) is 66.9 Å². The second-order valence-electron chi connectivity index (χ2n) is 8.22. The summed E-state index contributed by atoms with van der Waals surface area (Å²) in [5.74, 6) is 1.77. The van der Waals surface area contributed by atoms with Crippen molar-refractivity contribution in [2.45, 2.75) is 28.7 Å². The molecule has 0 aromatic heterocycles. The van der Waals surface area contributed by atoms with Gasteiger partial charge in [0.1, 0.15) is 19.0 Å². The highest BCUT2D eigenvalue weighted by Crippen LogP contribution is 2.38. The fourth-order valence-electron chi connectivity index (χ4n) is 4.36. The number of likely N-dealkylation sites (tertiary alicyclic amines) is 1. The number of fused-ring (bicyclic) bond motifs is 1. The molecule has 2 aliphatic rings. The molecule has 1 fully saturated rings. The van der Waals surface area contributed by atoms with Gasteiger partial charge in [0.15, 0.2) is 18.1 Å². The zero-order valence-corrected chi connectivity index (χ0v) is 19.4. The molecule has 0 spiro atoms. The van der Waals surface area contributed by atoms with Gasteiger partial charge in [-0.1, -0.05) is 24.3 Å². The van der Waals surface area contributed by atoms with Crippen LogP contribution in [0, 0.1) is 0 Å². The summed E-state index contributed by atoms with van der Waals surface area (Å²) < 4.78 is 42.4. The lowest BCUT2D eigenvalue weighted by molar-refractivity contribution is -0.134. The van der Waals surface area contributed by atoms with Gasteiger partial charge in [-0.15, -0.1) is 0 Å². The zero-order valence-electron chi connectivity index (χ0n) is 18.6. The highest BCUT2D eigenvalue weighted by molar-refractivity contribution is 7.91. The molecule has 3 aromatic carbocycles. The lowest BCUT2D eigenvalue weighted by Crippen LogP contribution is -2.34. The monoisotopic (exact) mass is 479 g/mol. The normalized spacial score (nSPS) is 17.4. The summed E-state index contributed by atoms with van der Waals surface area (Å²) in [7, 11) is -3.59. The van der Waals surface area contributed by atoms with Gasteiger partial charge >= 0.3 is 0 Å². The lowest BCUT2D eigenvalue weighted by Gasteiger charge is -2.26. The van der Waals surface area contributed by atoms with E-state index in [0.717, 1.165) is 24.2 Å². The Morgan fingerprint density at radius 3 is 2.38 bits per heavy atom. The van der Waals surface area contributed by atoms with Crippen molar-refractivity contribution in [1.29, 1.82) is 0 Å². The van der Waals surface area contributed by atoms with E-state index >= 15 is 0 Å². The number of benzene rings is 3. The van der Waals surface area contributed by atoms with Gasteiger partial charge in [0.2, 0.25) is 9.84 Å². The first-order valence-electron chi connectivity index (χ1n) is 11.2. The van der Waals surface area contributed by atoms with Crippen LogP contribution in [0.4, 0.5) is 0 Å². The molecule has 1 atom stereocenters. The third-order valence-corrected chi connectivity index (χ3v) is 7.86.